The monoisotopic (exact) mass is 307 g/mol. The SMILES string of the molecule is CCC(CC)CC(=O)N1CCCC(C(O)c2nccn2C)C1. The number of aryl methyl sites for hydroxylation is 1. The minimum absolute atomic E-state index is 0.0838. The van der Waals surface area contributed by atoms with Crippen LogP contribution in [0.5, 0.6) is 0 Å². The van der Waals surface area contributed by atoms with Crippen LogP contribution in [0.25, 0.3) is 0 Å². The zero-order valence-corrected chi connectivity index (χ0v) is 14.0. The van der Waals surface area contributed by atoms with Crippen molar-refractivity contribution in [2.24, 2.45) is 18.9 Å². The van der Waals surface area contributed by atoms with Gasteiger partial charge in [0, 0.05) is 44.9 Å². The van der Waals surface area contributed by atoms with Crippen LogP contribution in [0.1, 0.15) is 57.9 Å². The van der Waals surface area contributed by atoms with Crippen molar-refractivity contribution < 1.29 is 9.90 Å². The Kier molecular flexibility index (Phi) is 6.00. The topological polar surface area (TPSA) is 58.4 Å². The predicted molar refractivity (Wildman–Crippen MR) is 86.2 cm³/mol. The van der Waals surface area contributed by atoms with Gasteiger partial charge in [-0.25, -0.2) is 4.98 Å². The van der Waals surface area contributed by atoms with Crippen LogP contribution in [0.15, 0.2) is 12.4 Å². The fourth-order valence-electron chi connectivity index (χ4n) is 3.32. The van der Waals surface area contributed by atoms with Crippen molar-refractivity contribution in [3.8, 4) is 0 Å². The lowest BCUT2D eigenvalue weighted by atomic mass is 9.91. The summed E-state index contributed by atoms with van der Waals surface area (Å²) >= 11 is 0. The lowest BCUT2D eigenvalue weighted by Crippen LogP contribution is -2.42. The van der Waals surface area contributed by atoms with Crippen LogP contribution in [0.3, 0.4) is 0 Å². The molecule has 5 heteroatoms. The maximum absolute atomic E-state index is 12.5. The maximum Gasteiger partial charge on any atom is 0.222 e. The number of aliphatic hydroxyl groups excluding tert-OH is 1. The molecule has 0 aromatic carbocycles. The molecular weight excluding hydrogens is 278 g/mol. The van der Waals surface area contributed by atoms with Crippen LogP contribution in [0.4, 0.5) is 0 Å². The zero-order chi connectivity index (χ0) is 16.1. The number of amides is 1. The van der Waals surface area contributed by atoms with Crippen LogP contribution < -0.4 is 0 Å². The number of nitrogens with zero attached hydrogens (tertiary/aromatic N) is 3. The molecule has 1 fully saturated rings. The first-order chi connectivity index (χ1) is 10.6. The Labute approximate surface area is 133 Å². The molecule has 1 aliphatic rings. The van der Waals surface area contributed by atoms with Gasteiger partial charge in [0.05, 0.1) is 0 Å². The molecule has 1 aliphatic heterocycles. The first-order valence-electron chi connectivity index (χ1n) is 8.49. The summed E-state index contributed by atoms with van der Waals surface area (Å²) in [4.78, 5) is 18.7. The largest absolute Gasteiger partial charge is 0.385 e. The van der Waals surface area contributed by atoms with Crippen molar-refractivity contribution in [2.75, 3.05) is 13.1 Å². The van der Waals surface area contributed by atoms with Gasteiger partial charge in [-0.05, 0) is 18.8 Å². The van der Waals surface area contributed by atoms with E-state index < -0.39 is 6.10 Å². The second-order valence-electron chi connectivity index (χ2n) is 6.47. The summed E-state index contributed by atoms with van der Waals surface area (Å²) in [5.74, 6) is 1.50. The molecule has 1 aromatic heterocycles. The smallest absolute Gasteiger partial charge is 0.222 e. The van der Waals surface area contributed by atoms with E-state index in [9.17, 15) is 9.90 Å². The second-order valence-corrected chi connectivity index (χ2v) is 6.47. The normalized spacial score (nSPS) is 20.4. The van der Waals surface area contributed by atoms with Crippen LogP contribution in [0.2, 0.25) is 0 Å². The highest BCUT2D eigenvalue weighted by Crippen LogP contribution is 2.29. The van der Waals surface area contributed by atoms with E-state index in [1.165, 1.54) is 0 Å². The fourth-order valence-corrected chi connectivity index (χ4v) is 3.32. The standard InChI is InChI=1S/C17H29N3O2/c1-4-13(5-2)11-15(21)20-9-6-7-14(12-20)16(22)17-18-8-10-19(17)3/h8,10,13-14,16,22H,4-7,9,11-12H2,1-3H3. The molecule has 0 saturated carbocycles. The van der Waals surface area contributed by atoms with Crippen LogP contribution in [-0.4, -0.2) is 38.6 Å². The molecule has 2 atom stereocenters. The number of hydrogen-bond donors (Lipinski definition) is 1. The van der Waals surface area contributed by atoms with Crippen molar-refractivity contribution in [3.63, 3.8) is 0 Å². The molecule has 1 aromatic rings. The molecule has 0 radical (unpaired) electrons. The van der Waals surface area contributed by atoms with E-state index in [0.29, 0.717) is 24.7 Å². The minimum Gasteiger partial charge on any atom is -0.385 e. The lowest BCUT2D eigenvalue weighted by molar-refractivity contribution is -0.135. The number of imidazole rings is 1. The Bertz CT molecular complexity index is 482. The van der Waals surface area contributed by atoms with Gasteiger partial charge >= 0.3 is 0 Å². The van der Waals surface area contributed by atoms with E-state index in [2.05, 4.69) is 18.8 Å². The van der Waals surface area contributed by atoms with Gasteiger partial charge < -0.3 is 14.6 Å². The molecule has 0 bridgehead atoms. The molecule has 0 aliphatic carbocycles. The van der Waals surface area contributed by atoms with Crippen LogP contribution in [0, 0.1) is 11.8 Å². The summed E-state index contributed by atoms with van der Waals surface area (Å²) < 4.78 is 1.86. The van der Waals surface area contributed by atoms with E-state index >= 15 is 0 Å². The van der Waals surface area contributed by atoms with Crippen LogP contribution >= 0.6 is 0 Å². The molecule has 2 rings (SSSR count). The number of piperidine rings is 1. The first-order valence-corrected chi connectivity index (χ1v) is 8.49. The number of aliphatic hydroxyl groups is 1. The Morgan fingerprint density at radius 2 is 2.18 bits per heavy atom. The van der Waals surface area contributed by atoms with Crippen molar-refractivity contribution in [1.82, 2.24) is 14.5 Å². The summed E-state index contributed by atoms with van der Waals surface area (Å²) in [5.41, 5.74) is 0. The third kappa shape index (κ3) is 3.88. The van der Waals surface area contributed by atoms with Gasteiger partial charge in [0.25, 0.3) is 0 Å². The Morgan fingerprint density at radius 3 is 2.77 bits per heavy atom. The third-order valence-corrected chi connectivity index (χ3v) is 5.00. The van der Waals surface area contributed by atoms with Gasteiger partial charge in [-0.3, -0.25) is 4.79 Å². The quantitative estimate of drug-likeness (QED) is 0.878. The highest BCUT2D eigenvalue weighted by atomic mass is 16.3. The molecular formula is C17H29N3O2. The first kappa shape index (κ1) is 17.0. The molecule has 22 heavy (non-hydrogen) atoms. The molecule has 5 nitrogen and oxygen atoms in total. The summed E-state index contributed by atoms with van der Waals surface area (Å²) in [6.07, 6.45) is 7.60. The Morgan fingerprint density at radius 1 is 1.45 bits per heavy atom. The van der Waals surface area contributed by atoms with Crippen molar-refractivity contribution in [1.29, 1.82) is 0 Å². The number of likely N-dealkylation sites (tertiary alicyclic amines) is 1. The summed E-state index contributed by atoms with van der Waals surface area (Å²) in [7, 11) is 1.89. The maximum atomic E-state index is 12.5. The van der Waals surface area contributed by atoms with E-state index in [1.807, 2.05) is 22.7 Å². The molecule has 1 N–H and O–H groups in total. The fraction of sp³-hybridized carbons (Fsp3) is 0.765. The van der Waals surface area contributed by atoms with E-state index in [4.69, 9.17) is 0 Å². The van der Waals surface area contributed by atoms with E-state index in [1.54, 1.807) is 6.20 Å². The molecule has 1 saturated heterocycles. The van der Waals surface area contributed by atoms with Gasteiger partial charge in [-0.15, -0.1) is 0 Å². The van der Waals surface area contributed by atoms with Gasteiger partial charge in [-0.1, -0.05) is 26.7 Å². The van der Waals surface area contributed by atoms with E-state index in [-0.39, 0.29) is 11.8 Å². The second kappa shape index (κ2) is 7.77. The number of carbonyl (C=O) groups excluding carboxylic acids is 1. The number of carbonyl (C=O) groups is 1. The molecule has 0 spiro atoms. The predicted octanol–water partition coefficient (Wildman–Crippen LogP) is 2.52. The zero-order valence-electron chi connectivity index (χ0n) is 14.0. The third-order valence-electron chi connectivity index (χ3n) is 5.00. The molecule has 1 amide bonds. The van der Waals surface area contributed by atoms with E-state index in [0.717, 1.165) is 32.2 Å². The minimum atomic E-state index is -0.594. The van der Waals surface area contributed by atoms with Gasteiger partial charge in [-0.2, -0.15) is 0 Å². The van der Waals surface area contributed by atoms with Gasteiger partial charge in [0.2, 0.25) is 5.91 Å². The Hall–Kier alpha value is -1.36. The summed E-state index contributed by atoms with van der Waals surface area (Å²) in [6.45, 7) is 5.76. The number of hydrogen-bond acceptors (Lipinski definition) is 3. The van der Waals surface area contributed by atoms with Crippen LogP contribution in [-0.2, 0) is 11.8 Å². The van der Waals surface area contributed by atoms with Crippen molar-refractivity contribution >= 4 is 5.91 Å². The summed E-state index contributed by atoms with van der Waals surface area (Å²) in [6, 6.07) is 0. The highest BCUT2D eigenvalue weighted by Gasteiger charge is 2.31. The molecule has 2 unspecified atom stereocenters. The lowest BCUT2D eigenvalue weighted by Gasteiger charge is -2.35. The number of rotatable bonds is 6. The van der Waals surface area contributed by atoms with Gasteiger partial charge in [0.1, 0.15) is 11.9 Å². The van der Waals surface area contributed by atoms with Crippen molar-refractivity contribution in [3.05, 3.63) is 18.2 Å². The van der Waals surface area contributed by atoms with Crippen molar-refractivity contribution in [2.45, 2.75) is 52.1 Å². The molecule has 124 valence electrons. The highest BCUT2D eigenvalue weighted by molar-refractivity contribution is 5.76. The Balaban J connectivity index is 1.96. The average molecular weight is 307 g/mol. The average Bonchev–Trinajstić information content (AvgIpc) is 2.97. The molecule has 2 heterocycles. The van der Waals surface area contributed by atoms with Gasteiger partial charge in [0.15, 0.2) is 0 Å². The summed E-state index contributed by atoms with van der Waals surface area (Å²) in [5, 5.41) is 10.6. The number of aromatic nitrogens is 2.